The number of amidine groups is 2. The average Bonchev–Trinajstić information content (AvgIpc) is 2.53. The molecule has 0 unspecified atom stereocenters. The third kappa shape index (κ3) is 2.07. The Balaban J connectivity index is 2.20. The molecule has 88 valence electrons. The molecular weight excluding hydrogens is 223 g/mol. The van der Waals surface area contributed by atoms with Gasteiger partial charge in [0.1, 0.15) is 5.82 Å². The van der Waals surface area contributed by atoms with Crippen LogP contribution in [0.3, 0.4) is 0 Å². The molecule has 1 aliphatic heterocycles. The Hall–Kier alpha value is -2.44. The summed E-state index contributed by atoms with van der Waals surface area (Å²) in [5.74, 6) is -0.238. The molecule has 0 atom stereocenters. The quantitative estimate of drug-likeness (QED) is 0.661. The van der Waals surface area contributed by atoms with E-state index < -0.39 is 5.82 Å². The lowest BCUT2D eigenvalue weighted by atomic mass is 10.3. The standard InChI is InChI=1S/C10H11FN6/c1-17-10(13)8(9(12)16-17)15-14-7-5-3-2-4-6(7)11/h2-5,13-14H,1H3,(H2,12,16)/b13-10?,15-8-. The molecule has 0 saturated carbocycles. The molecule has 1 aromatic carbocycles. The normalized spacial score (nSPS) is 17.5. The van der Waals surface area contributed by atoms with E-state index in [4.69, 9.17) is 11.1 Å². The Morgan fingerprint density at radius 1 is 1.47 bits per heavy atom. The van der Waals surface area contributed by atoms with E-state index in [9.17, 15) is 4.39 Å². The number of nitrogens with two attached hydrogens (primary N) is 1. The number of anilines is 1. The van der Waals surface area contributed by atoms with Crippen LogP contribution in [0.25, 0.3) is 0 Å². The zero-order valence-electron chi connectivity index (χ0n) is 9.11. The van der Waals surface area contributed by atoms with E-state index in [2.05, 4.69) is 15.6 Å². The molecule has 6 nitrogen and oxygen atoms in total. The fourth-order valence-electron chi connectivity index (χ4n) is 1.31. The Labute approximate surface area is 97.1 Å². The average molecular weight is 234 g/mol. The second kappa shape index (κ2) is 4.20. The number of hydrazone groups is 2. The van der Waals surface area contributed by atoms with Crippen LogP contribution < -0.4 is 11.2 Å². The minimum atomic E-state index is -0.426. The van der Waals surface area contributed by atoms with Gasteiger partial charge in [-0.25, -0.2) is 9.40 Å². The van der Waals surface area contributed by atoms with Gasteiger partial charge in [0.2, 0.25) is 0 Å². The van der Waals surface area contributed by atoms with E-state index in [1.807, 2.05) is 0 Å². The van der Waals surface area contributed by atoms with E-state index >= 15 is 0 Å². The van der Waals surface area contributed by atoms with Crippen LogP contribution in [0.15, 0.2) is 34.5 Å². The zero-order valence-corrected chi connectivity index (χ0v) is 9.11. The van der Waals surface area contributed by atoms with Crippen LogP contribution in [0.4, 0.5) is 10.1 Å². The van der Waals surface area contributed by atoms with Gasteiger partial charge in [0.15, 0.2) is 17.4 Å². The molecule has 0 spiro atoms. The van der Waals surface area contributed by atoms with Crippen molar-refractivity contribution in [1.82, 2.24) is 5.01 Å². The number of rotatable bonds is 2. The SMILES string of the molecule is CN1N=C(N)/C(=N/Nc2ccccc2F)C1=N. The Kier molecular flexibility index (Phi) is 2.73. The lowest BCUT2D eigenvalue weighted by Crippen LogP contribution is -2.28. The third-order valence-electron chi connectivity index (χ3n) is 2.21. The molecule has 0 bridgehead atoms. The second-order valence-electron chi connectivity index (χ2n) is 3.41. The fraction of sp³-hybridized carbons (Fsp3) is 0.100. The maximum atomic E-state index is 13.3. The van der Waals surface area contributed by atoms with Crippen LogP contribution in [0, 0.1) is 11.2 Å². The molecule has 0 aromatic heterocycles. The monoisotopic (exact) mass is 234 g/mol. The van der Waals surface area contributed by atoms with Crippen molar-refractivity contribution in [3.63, 3.8) is 0 Å². The summed E-state index contributed by atoms with van der Waals surface area (Å²) in [5, 5.41) is 16.6. The van der Waals surface area contributed by atoms with E-state index in [1.165, 1.54) is 17.1 Å². The van der Waals surface area contributed by atoms with Crippen LogP contribution in [-0.4, -0.2) is 29.4 Å². The molecule has 7 heteroatoms. The fourth-order valence-corrected chi connectivity index (χ4v) is 1.31. The summed E-state index contributed by atoms with van der Waals surface area (Å²) in [4.78, 5) is 0. The first-order valence-corrected chi connectivity index (χ1v) is 4.85. The van der Waals surface area contributed by atoms with Crippen LogP contribution in [0.2, 0.25) is 0 Å². The van der Waals surface area contributed by atoms with E-state index in [-0.39, 0.29) is 23.1 Å². The molecular formula is C10H11FN6. The van der Waals surface area contributed by atoms with Gasteiger partial charge in [-0.2, -0.15) is 10.2 Å². The predicted molar refractivity (Wildman–Crippen MR) is 64.6 cm³/mol. The third-order valence-corrected chi connectivity index (χ3v) is 2.21. The first-order valence-electron chi connectivity index (χ1n) is 4.85. The summed E-state index contributed by atoms with van der Waals surface area (Å²) in [6, 6.07) is 6.10. The highest BCUT2D eigenvalue weighted by Gasteiger charge is 2.23. The number of nitrogens with one attached hydrogen (secondary N) is 2. The van der Waals surface area contributed by atoms with E-state index in [0.717, 1.165) is 0 Å². The van der Waals surface area contributed by atoms with Gasteiger partial charge in [-0.1, -0.05) is 12.1 Å². The molecule has 1 heterocycles. The summed E-state index contributed by atoms with van der Waals surface area (Å²) in [5.41, 5.74) is 8.49. The minimum Gasteiger partial charge on any atom is -0.380 e. The molecule has 17 heavy (non-hydrogen) atoms. The molecule has 0 fully saturated rings. The highest BCUT2D eigenvalue weighted by Crippen LogP contribution is 2.12. The first-order chi connectivity index (χ1) is 8.09. The van der Waals surface area contributed by atoms with Gasteiger partial charge in [0.05, 0.1) is 5.69 Å². The van der Waals surface area contributed by atoms with Crippen molar-refractivity contribution in [3.05, 3.63) is 30.1 Å². The molecule has 2 rings (SSSR count). The maximum absolute atomic E-state index is 13.3. The smallest absolute Gasteiger partial charge is 0.175 e. The number of para-hydroxylation sites is 1. The summed E-state index contributed by atoms with van der Waals surface area (Å²) in [6.07, 6.45) is 0. The van der Waals surface area contributed by atoms with Crippen molar-refractivity contribution in [2.24, 2.45) is 15.9 Å². The van der Waals surface area contributed by atoms with Gasteiger partial charge in [-0.05, 0) is 12.1 Å². The van der Waals surface area contributed by atoms with Gasteiger partial charge in [-0.15, -0.1) is 0 Å². The Morgan fingerprint density at radius 3 is 2.76 bits per heavy atom. The summed E-state index contributed by atoms with van der Waals surface area (Å²) in [7, 11) is 1.58. The van der Waals surface area contributed by atoms with Crippen molar-refractivity contribution in [1.29, 1.82) is 5.41 Å². The molecule has 4 N–H and O–H groups in total. The van der Waals surface area contributed by atoms with Crippen LogP contribution in [0.1, 0.15) is 0 Å². The van der Waals surface area contributed by atoms with Gasteiger partial charge in [0, 0.05) is 7.05 Å². The molecule has 0 saturated heterocycles. The Bertz CT molecular complexity index is 521. The molecule has 0 amide bonds. The molecule has 0 aliphatic carbocycles. The van der Waals surface area contributed by atoms with E-state index in [0.29, 0.717) is 0 Å². The number of hydrogen-bond acceptors (Lipinski definition) is 5. The van der Waals surface area contributed by atoms with E-state index in [1.54, 1.807) is 19.2 Å². The summed E-state index contributed by atoms with van der Waals surface area (Å²) < 4.78 is 13.3. The van der Waals surface area contributed by atoms with Gasteiger partial charge >= 0.3 is 0 Å². The maximum Gasteiger partial charge on any atom is 0.175 e. The lowest BCUT2D eigenvalue weighted by Gasteiger charge is -2.05. The summed E-state index contributed by atoms with van der Waals surface area (Å²) >= 11 is 0. The molecule has 1 aromatic rings. The number of hydrogen-bond donors (Lipinski definition) is 3. The number of halogens is 1. The van der Waals surface area contributed by atoms with Crippen molar-refractivity contribution >= 4 is 23.1 Å². The molecule has 1 aliphatic rings. The van der Waals surface area contributed by atoms with Gasteiger partial charge < -0.3 is 5.73 Å². The molecule has 0 radical (unpaired) electrons. The van der Waals surface area contributed by atoms with Crippen LogP contribution >= 0.6 is 0 Å². The van der Waals surface area contributed by atoms with Crippen LogP contribution in [-0.2, 0) is 0 Å². The highest BCUT2D eigenvalue weighted by molar-refractivity contribution is 6.68. The Morgan fingerprint density at radius 2 is 2.18 bits per heavy atom. The van der Waals surface area contributed by atoms with Gasteiger partial charge in [0.25, 0.3) is 0 Å². The highest BCUT2D eigenvalue weighted by atomic mass is 19.1. The van der Waals surface area contributed by atoms with Gasteiger partial charge in [-0.3, -0.25) is 10.8 Å². The minimum absolute atomic E-state index is 0.0614. The second-order valence-corrected chi connectivity index (χ2v) is 3.41. The van der Waals surface area contributed by atoms with Crippen molar-refractivity contribution in [2.75, 3.05) is 12.5 Å². The van der Waals surface area contributed by atoms with Crippen LogP contribution in [0.5, 0.6) is 0 Å². The topological polar surface area (TPSA) is 89.9 Å². The lowest BCUT2D eigenvalue weighted by molar-refractivity contribution is 0.557. The summed E-state index contributed by atoms with van der Waals surface area (Å²) in [6.45, 7) is 0. The first kappa shape index (κ1) is 11.1. The largest absolute Gasteiger partial charge is 0.380 e. The van der Waals surface area contributed by atoms with Crippen molar-refractivity contribution in [2.45, 2.75) is 0 Å². The van der Waals surface area contributed by atoms with Crippen molar-refractivity contribution < 1.29 is 4.39 Å². The zero-order chi connectivity index (χ0) is 12.4. The number of nitrogens with zero attached hydrogens (tertiary/aromatic N) is 3. The van der Waals surface area contributed by atoms with Crippen molar-refractivity contribution in [3.8, 4) is 0 Å². The number of benzene rings is 1. The predicted octanol–water partition coefficient (Wildman–Crippen LogP) is 0.788.